The summed E-state index contributed by atoms with van der Waals surface area (Å²) in [7, 11) is 0. The van der Waals surface area contributed by atoms with Crippen molar-refractivity contribution in [2.24, 2.45) is 9.98 Å². The molecule has 0 aromatic rings. The summed E-state index contributed by atoms with van der Waals surface area (Å²) in [4.78, 5) is 8.85. The van der Waals surface area contributed by atoms with Gasteiger partial charge in [-0.3, -0.25) is 4.99 Å². The van der Waals surface area contributed by atoms with Crippen LogP contribution in [0.15, 0.2) is 21.6 Å². The lowest BCUT2D eigenvalue weighted by Gasteiger charge is -2.13. The van der Waals surface area contributed by atoms with Crippen LogP contribution in [-0.4, -0.2) is 23.7 Å². The molecule has 0 aliphatic carbocycles. The highest BCUT2D eigenvalue weighted by molar-refractivity contribution is 7.80. The third-order valence-electron chi connectivity index (χ3n) is 1.43. The van der Waals surface area contributed by atoms with E-state index in [1.807, 2.05) is 6.08 Å². The first-order valence-corrected chi connectivity index (χ1v) is 3.34. The summed E-state index contributed by atoms with van der Waals surface area (Å²) < 4.78 is 0. The lowest BCUT2D eigenvalue weighted by atomic mass is 10.2. The van der Waals surface area contributed by atoms with Crippen molar-refractivity contribution >= 4 is 29.8 Å². The maximum absolute atomic E-state index is 4.99. The van der Waals surface area contributed by atoms with Gasteiger partial charge in [-0.2, -0.15) is 0 Å². The average molecular weight is 151 g/mol. The molecule has 0 spiro atoms. The molecule has 50 valence electrons. The molecule has 1 N–H and O–H groups in total. The minimum Gasteiger partial charge on any atom is -0.337 e. The molecule has 0 saturated heterocycles. The van der Waals surface area contributed by atoms with E-state index in [2.05, 4.69) is 15.3 Å². The second kappa shape index (κ2) is 1.98. The predicted molar refractivity (Wildman–Crippen MR) is 44.6 cm³/mol. The van der Waals surface area contributed by atoms with Crippen LogP contribution in [0, 0.1) is 0 Å². The minimum absolute atomic E-state index is 0.0613. The Balaban J connectivity index is 2.41. The van der Waals surface area contributed by atoms with E-state index in [1.54, 1.807) is 12.6 Å². The fraction of sp³-hybridized carbons (Fsp3) is 0.167. The molecule has 2 rings (SSSR count). The predicted octanol–water partition coefficient (Wildman–Crippen LogP) is 0.282. The number of nitrogens with one attached hydrogen (secondary N) is 1. The Kier molecular flexibility index (Phi) is 1.14. The molecule has 4 heteroatoms. The summed E-state index contributed by atoms with van der Waals surface area (Å²) in [5.74, 6) is 0. The summed E-state index contributed by atoms with van der Waals surface area (Å²) in [5, 5.41) is 2.84. The third kappa shape index (κ3) is 0.690. The maximum Gasteiger partial charge on any atom is 0.169 e. The van der Waals surface area contributed by atoms with Gasteiger partial charge in [0.1, 0.15) is 4.99 Å². The van der Waals surface area contributed by atoms with Crippen LogP contribution in [0.1, 0.15) is 0 Å². The summed E-state index contributed by atoms with van der Waals surface area (Å²) in [6.07, 6.45) is 5.15. The van der Waals surface area contributed by atoms with Crippen LogP contribution in [-0.2, 0) is 0 Å². The van der Waals surface area contributed by atoms with Gasteiger partial charge in [-0.25, -0.2) is 4.99 Å². The fourth-order valence-electron chi connectivity index (χ4n) is 0.933. The molecule has 1 atom stereocenters. The van der Waals surface area contributed by atoms with E-state index in [4.69, 9.17) is 12.2 Å². The van der Waals surface area contributed by atoms with E-state index in [1.165, 1.54) is 0 Å². The molecule has 10 heavy (non-hydrogen) atoms. The summed E-state index contributed by atoms with van der Waals surface area (Å²) in [6, 6.07) is 0. The van der Waals surface area contributed by atoms with Crippen LogP contribution in [0.5, 0.6) is 0 Å². The minimum atomic E-state index is -0.0613. The molecule has 2 heterocycles. The molecular weight excluding hydrogens is 146 g/mol. The number of aliphatic imine (C=N–C) groups is 2. The summed E-state index contributed by atoms with van der Waals surface area (Å²) in [5.41, 5.74) is 0.998. The monoisotopic (exact) mass is 151 g/mol. The van der Waals surface area contributed by atoms with Gasteiger partial charge >= 0.3 is 0 Å². The molecule has 0 fully saturated rings. The van der Waals surface area contributed by atoms with Crippen molar-refractivity contribution in [1.29, 1.82) is 0 Å². The van der Waals surface area contributed by atoms with Gasteiger partial charge in [-0.1, -0.05) is 12.2 Å². The van der Waals surface area contributed by atoms with E-state index >= 15 is 0 Å². The first-order valence-electron chi connectivity index (χ1n) is 2.94. The van der Waals surface area contributed by atoms with Crippen molar-refractivity contribution in [3.63, 3.8) is 0 Å². The highest BCUT2D eigenvalue weighted by Gasteiger charge is 2.20. The van der Waals surface area contributed by atoms with Gasteiger partial charge in [-0.15, -0.1) is 0 Å². The molecule has 1 unspecified atom stereocenters. The molecule has 0 bridgehead atoms. The topological polar surface area (TPSA) is 36.8 Å². The highest BCUT2D eigenvalue weighted by atomic mass is 32.1. The summed E-state index contributed by atoms with van der Waals surface area (Å²) in [6.45, 7) is 0. The second-order valence-electron chi connectivity index (χ2n) is 2.05. The first kappa shape index (κ1) is 5.73. The molecular formula is C6H5N3S. The van der Waals surface area contributed by atoms with Gasteiger partial charge in [0.05, 0.1) is 6.34 Å². The third-order valence-corrected chi connectivity index (χ3v) is 1.79. The zero-order valence-electron chi connectivity index (χ0n) is 5.11. The Morgan fingerprint density at radius 2 is 2.40 bits per heavy atom. The smallest absolute Gasteiger partial charge is 0.169 e. The van der Waals surface area contributed by atoms with Gasteiger partial charge in [0.25, 0.3) is 0 Å². The second-order valence-corrected chi connectivity index (χ2v) is 2.45. The Hall–Kier alpha value is -1.03. The van der Waals surface area contributed by atoms with E-state index < -0.39 is 0 Å². The van der Waals surface area contributed by atoms with Gasteiger partial charge < -0.3 is 5.32 Å². The molecule has 0 amide bonds. The first-order chi connectivity index (χ1) is 4.88. The van der Waals surface area contributed by atoms with E-state index in [-0.39, 0.29) is 6.17 Å². The number of hydrogen-bond donors (Lipinski definition) is 1. The molecule has 0 radical (unpaired) electrons. The largest absolute Gasteiger partial charge is 0.337 e. The van der Waals surface area contributed by atoms with Crippen molar-refractivity contribution in [1.82, 2.24) is 5.32 Å². The molecule has 0 saturated carbocycles. The van der Waals surface area contributed by atoms with E-state index in [0.29, 0.717) is 0 Å². The number of nitrogens with zero attached hydrogens (tertiary/aromatic N) is 2. The van der Waals surface area contributed by atoms with Crippen molar-refractivity contribution in [2.75, 3.05) is 0 Å². The maximum atomic E-state index is 4.99. The molecule has 2 aliphatic rings. The zero-order chi connectivity index (χ0) is 6.97. The number of thiocarbonyl (C=S) groups is 1. The lowest BCUT2D eigenvalue weighted by molar-refractivity contribution is 0.859. The van der Waals surface area contributed by atoms with Crippen LogP contribution >= 0.6 is 12.2 Å². The molecule has 3 nitrogen and oxygen atoms in total. The lowest BCUT2D eigenvalue weighted by Crippen LogP contribution is -2.30. The van der Waals surface area contributed by atoms with Crippen LogP contribution in [0.2, 0.25) is 0 Å². The average Bonchev–Trinajstić information content (AvgIpc) is 2.36. The number of hydrogen-bond acceptors (Lipinski definition) is 3. The standard InChI is InChI=1S/C6H5N3S/c10-6-4-1-2-7-5(4)8-3-9-6/h1-3,5H,(H,8,9,10). The van der Waals surface area contributed by atoms with Gasteiger partial charge in [0, 0.05) is 11.8 Å². The van der Waals surface area contributed by atoms with Crippen molar-refractivity contribution in [3.05, 3.63) is 11.6 Å². The van der Waals surface area contributed by atoms with Crippen molar-refractivity contribution in [3.8, 4) is 0 Å². The number of fused-ring (bicyclic) bond motifs is 1. The van der Waals surface area contributed by atoms with Crippen LogP contribution in [0.4, 0.5) is 0 Å². The fourth-order valence-corrected chi connectivity index (χ4v) is 1.16. The zero-order valence-corrected chi connectivity index (χ0v) is 5.93. The quantitative estimate of drug-likeness (QED) is 0.505. The van der Waals surface area contributed by atoms with Gasteiger partial charge in [-0.05, 0) is 6.08 Å². The van der Waals surface area contributed by atoms with Crippen LogP contribution < -0.4 is 5.32 Å². The summed E-state index contributed by atoms with van der Waals surface area (Å²) >= 11 is 4.99. The Morgan fingerprint density at radius 3 is 3.20 bits per heavy atom. The van der Waals surface area contributed by atoms with Gasteiger partial charge in [0.2, 0.25) is 0 Å². The van der Waals surface area contributed by atoms with E-state index in [0.717, 1.165) is 10.6 Å². The van der Waals surface area contributed by atoms with Crippen molar-refractivity contribution in [2.45, 2.75) is 6.17 Å². The van der Waals surface area contributed by atoms with Crippen LogP contribution in [0.3, 0.4) is 0 Å². The molecule has 0 aromatic heterocycles. The van der Waals surface area contributed by atoms with E-state index in [9.17, 15) is 0 Å². The Labute approximate surface area is 63.6 Å². The van der Waals surface area contributed by atoms with Crippen molar-refractivity contribution < 1.29 is 0 Å². The molecule has 2 aliphatic heterocycles. The molecule has 0 aromatic carbocycles. The Bertz CT molecular complexity index is 264. The van der Waals surface area contributed by atoms with Crippen LogP contribution in [0.25, 0.3) is 0 Å². The Morgan fingerprint density at radius 1 is 1.50 bits per heavy atom. The SMILES string of the molecule is S=C1NC=NC2N=CC=C12. The normalized spacial score (nSPS) is 27.8. The number of rotatable bonds is 0. The van der Waals surface area contributed by atoms with Gasteiger partial charge in [0.15, 0.2) is 6.17 Å². The highest BCUT2D eigenvalue weighted by Crippen LogP contribution is 2.15. The number of allylic oxidation sites excluding steroid dienone is 1.